The minimum absolute atomic E-state index is 0.147. The number of rotatable bonds is 6. The number of aromatic nitrogens is 1. The SMILES string of the molecule is Cc1cc2ccccc2n1CC(=O)NC(CC1CC1)C(=O)O. The molecule has 0 bridgehead atoms. The van der Waals surface area contributed by atoms with Crippen LogP contribution in [0.1, 0.15) is 25.0 Å². The molecule has 1 atom stereocenters. The summed E-state index contributed by atoms with van der Waals surface area (Å²) in [5.74, 6) is -0.748. The van der Waals surface area contributed by atoms with Crippen LogP contribution in [0.25, 0.3) is 10.9 Å². The van der Waals surface area contributed by atoms with E-state index in [1.165, 1.54) is 0 Å². The lowest BCUT2D eigenvalue weighted by Crippen LogP contribution is -2.42. The number of aliphatic carboxylic acids is 1. The third kappa shape index (κ3) is 3.13. The quantitative estimate of drug-likeness (QED) is 0.860. The second kappa shape index (κ2) is 5.83. The van der Waals surface area contributed by atoms with Crippen LogP contribution in [0.3, 0.4) is 0 Å². The van der Waals surface area contributed by atoms with Crippen molar-refractivity contribution in [2.75, 3.05) is 0 Å². The summed E-state index contributed by atoms with van der Waals surface area (Å²) in [6.45, 7) is 2.10. The highest BCUT2D eigenvalue weighted by molar-refractivity contribution is 5.86. The summed E-state index contributed by atoms with van der Waals surface area (Å²) in [4.78, 5) is 23.5. The standard InChI is InChI=1S/C17H20N2O3/c1-11-8-13-4-2-3-5-15(13)19(11)10-16(20)18-14(17(21)22)9-12-6-7-12/h2-5,8,12,14H,6-7,9-10H2,1H3,(H,18,20)(H,21,22). The van der Waals surface area contributed by atoms with Crippen molar-refractivity contribution in [2.24, 2.45) is 5.92 Å². The Bertz CT molecular complexity index is 716. The summed E-state index contributed by atoms with van der Waals surface area (Å²) in [5, 5.41) is 13.0. The second-order valence-electron chi connectivity index (χ2n) is 6.07. The zero-order valence-electron chi connectivity index (χ0n) is 12.6. The smallest absolute Gasteiger partial charge is 0.326 e. The summed E-state index contributed by atoms with van der Waals surface area (Å²) in [6.07, 6.45) is 2.68. The second-order valence-corrected chi connectivity index (χ2v) is 6.07. The van der Waals surface area contributed by atoms with E-state index in [-0.39, 0.29) is 12.5 Å². The van der Waals surface area contributed by atoms with Gasteiger partial charge in [0.1, 0.15) is 12.6 Å². The molecule has 1 aromatic carbocycles. The molecule has 1 aliphatic rings. The fourth-order valence-corrected chi connectivity index (χ4v) is 2.85. The first-order chi connectivity index (χ1) is 10.5. The van der Waals surface area contributed by atoms with Crippen LogP contribution in [0.4, 0.5) is 0 Å². The van der Waals surface area contributed by atoms with Gasteiger partial charge in [-0.25, -0.2) is 4.79 Å². The maximum atomic E-state index is 12.2. The first-order valence-electron chi connectivity index (χ1n) is 7.61. The Hall–Kier alpha value is -2.30. The van der Waals surface area contributed by atoms with Crippen LogP contribution in [-0.2, 0) is 16.1 Å². The Morgan fingerprint density at radius 1 is 1.36 bits per heavy atom. The molecule has 1 fully saturated rings. The maximum Gasteiger partial charge on any atom is 0.326 e. The van der Waals surface area contributed by atoms with E-state index in [2.05, 4.69) is 5.32 Å². The Morgan fingerprint density at radius 3 is 2.77 bits per heavy atom. The van der Waals surface area contributed by atoms with Crippen LogP contribution in [-0.4, -0.2) is 27.6 Å². The van der Waals surface area contributed by atoms with Gasteiger partial charge in [-0.15, -0.1) is 0 Å². The number of carbonyl (C=O) groups excluding carboxylic acids is 1. The number of carboxylic acid groups (broad SMARTS) is 1. The average molecular weight is 300 g/mol. The van der Waals surface area contributed by atoms with E-state index in [4.69, 9.17) is 0 Å². The molecule has 0 saturated heterocycles. The Morgan fingerprint density at radius 2 is 2.09 bits per heavy atom. The summed E-state index contributed by atoms with van der Waals surface area (Å²) < 4.78 is 1.92. The number of amides is 1. The summed E-state index contributed by atoms with van der Waals surface area (Å²) in [6, 6.07) is 9.12. The molecule has 1 amide bonds. The molecule has 0 spiro atoms. The Labute approximate surface area is 128 Å². The molecule has 5 heteroatoms. The van der Waals surface area contributed by atoms with E-state index < -0.39 is 12.0 Å². The minimum Gasteiger partial charge on any atom is -0.480 e. The Balaban J connectivity index is 1.72. The molecule has 0 radical (unpaired) electrons. The monoisotopic (exact) mass is 300 g/mol. The van der Waals surface area contributed by atoms with Gasteiger partial charge in [0, 0.05) is 11.2 Å². The highest BCUT2D eigenvalue weighted by atomic mass is 16.4. The van der Waals surface area contributed by atoms with Crippen molar-refractivity contribution in [1.82, 2.24) is 9.88 Å². The fourth-order valence-electron chi connectivity index (χ4n) is 2.85. The molecule has 116 valence electrons. The normalized spacial score (nSPS) is 15.7. The molecule has 2 aromatic rings. The van der Waals surface area contributed by atoms with Gasteiger partial charge in [-0.2, -0.15) is 0 Å². The van der Waals surface area contributed by atoms with Crippen molar-refractivity contribution >= 4 is 22.8 Å². The van der Waals surface area contributed by atoms with E-state index in [0.717, 1.165) is 29.4 Å². The number of hydrogen-bond acceptors (Lipinski definition) is 2. The Kier molecular flexibility index (Phi) is 3.88. The third-order valence-corrected chi connectivity index (χ3v) is 4.22. The number of carboxylic acids is 1. The van der Waals surface area contributed by atoms with Gasteiger partial charge in [-0.1, -0.05) is 31.0 Å². The first-order valence-corrected chi connectivity index (χ1v) is 7.61. The van der Waals surface area contributed by atoms with Crippen LogP contribution in [0, 0.1) is 12.8 Å². The number of hydrogen-bond donors (Lipinski definition) is 2. The van der Waals surface area contributed by atoms with Crippen LogP contribution in [0.2, 0.25) is 0 Å². The topological polar surface area (TPSA) is 71.3 Å². The van der Waals surface area contributed by atoms with Crippen LogP contribution < -0.4 is 5.32 Å². The van der Waals surface area contributed by atoms with Crippen molar-refractivity contribution in [3.63, 3.8) is 0 Å². The predicted molar refractivity (Wildman–Crippen MR) is 83.6 cm³/mol. The van der Waals surface area contributed by atoms with E-state index >= 15 is 0 Å². The number of benzene rings is 1. The van der Waals surface area contributed by atoms with Gasteiger partial charge in [-0.3, -0.25) is 4.79 Å². The van der Waals surface area contributed by atoms with Crippen molar-refractivity contribution < 1.29 is 14.7 Å². The number of para-hydroxylation sites is 1. The van der Waals surface area contributed by atoms with E-state index in [0.29, 0.717) is 12.3 Å². The number of aryl methyl sites for hydroxylation is 1. The van der Waals surface area contributed by atoms with Gasteiger partial charge in [0.15, 0.2) is 0 Å². The number of fused-ring (bicyclic) bond motifs is 1. The zero-order chi connectivity index (χ0) is 15.7. The van der Waals surface area contributed by atoms with E-state index in [1.54, 1.807) is 0 Å². The lowest BCUT2D eigenvalue weighted by atomic mass is 10.1. The largest absolute Gasteiger partial charge is 0.480 e. The molecule has 1 aromatic heterocycles. The molecule has 0 aliphatic heterocycles. The van der Waals surface area contributed by atoms with Gasteiger partial charge >= 0.3 is 5.97 Å². The van der Waals surface area contributed by atoms with Gasteiger partial charge in [0.2, 0.25) is 5.91 Å². The summed E-state index contributed by atoms with van der Waals surface area (Å²) in [7, 11) is 0. The van der Waals surface area contributed by atoms with Gasteiger partial charge in [0.05, 0.1) is 0 Å². The van der Waals surface area contributed by atoms with Crippen LogP contribution in [0.5, 0.6) is 0 Å². The number of carbonyl (C=O) groups is 2. The van der Waals surface area contributed by atoms with Crippen molar-refractivity contribution in [1.29, 1.82) is 0 Å². The molecule has 1 saturated carbocycles. The molecule has 5 nitrogen and oxygen atoms in total. The van der Waals surface area contributed by atoms with Crippen LogP contribution >= 0.6 is 0 Å². The molecular formula is C17H20N2O3. The van der Waals surface area contributed by atoms with Crippen LogP contribution in [0.15, 0.2) is 30.3 Å². The molecule has 1 unspecified atom stereocenters. The molecule has 22 heavy (non-hydrogen) atoms. The van der Waals surface area contributed by atoms with Crippen molar-refractivity contribution in [2.45, 2.75) is 38.8 Å². The molecule has 2 N–H and O–H groups in total. The van der Waals surface area contributed by atoms with Gasteiger partial charge in [-0.05, 0) is 36.8 Å². The predicted octanol–water partition coefficient (Wildman–Crippen LogP) is 2.32. The fraction of sp³-hybridized carbons (Fsp3) is 0.412. The van der Waals surface area contributed by atoms with Crippen molar-refractivity contribution in [3.8, 4) is 0 Å². The van der Waals surface area contributed by atoms with Crippen molar-refractivity contribution in [3.05, 3.63) is 36.0 Å². The first kappa shape index (κ1) is 14.6. The van der Waals surface area contributed by atoms with E-state index in [9.17, 15) is 14.7 Å². The highest BCUT2D eigenvalue weighted by Gasteiger charge is 2.30. The van der Waals surface area contributed by atoms with Gasteiger partial charge in [0.25, 0.3) is 0 Å². The number of nitrogens with one attached hydrogen (secondary N) is 1. The zero-order valence-corrected chi connectivity index (χ0v) is 12.6. The number of nitrogens with zero attached hydrogens (tertiary/aromatic N) is 1. The summed E-state index contributed by atoms with van der Waals surface area (Å²) >= 11 is 0. The van der Waals surface area contributed by atoms with E-state index in [1.807, 2.05) is 41.8 Å². The maximum absolute atomic E-state index is 12.2. The molecular weight excluding hydrogens is 280 g/mol. The molecule has 1 heterocycles. The highest BCUT2D eigenvalue weighted by Crippen LogP contribution is 2.33. The molecule has 1 aliphatic carbocycles. The van der Waals surface area contributed by atoms with Gasteiger partial charge < -0.3 is 15.0 Å². The minimum atomic E-state index is -0.950. The lowest BCUT2D eigenvalue weighted by molar-refractivity contribution is -0.142. The third-order valence-electron chi connectivity index (χ3n) is 4.22. The lowest BCUT2D eigenvalue weighted by Gasteiger charge is -2.15. The summed E-state index contributed by atoms with van der Waals surface area (Å²) in [5.41, 5.74) is 1.98. The molecule has 3 rings (SSSR count). The average Bonchev–Trinajstić information content (AvgIpc) is 3.23.